The molecule has 0 saturated heterocycles. The Labute approximate surface area is 114 Å². The first-order valence-electron chi connectivity index (χ1n) is 5.94. The van der Waals surface area contributed by atoms with E-state index in [1.54, 1.807) is 25.3 Å². The van der Waals surface area contributed by atoms with Crippen molar-refractivity contribution >= 4 is 0 Å². The molecule has 0 aliphatic carbocycles. The van der Waals surface area contributed by atoms with E-state index in [4.69, 9.17) is 4.74 Å². The monoisotopic (exact) mass is 285 g/mol. The van der Waals surface area contributed by atoms with Crippen LogP contribution in [0.3, 0.4) is 0 Å². The van der Waals surface area contributed by atoms with Crippen molar-refractivity contribution in [3.63, 3.8) is 0 Å². The number of alkyl halides is 3. The zero-order valence-electron chi connectivity index (χ0n) is 11.3. The van der Waals surface area contributed by atoms with Gasteiger partial charge in [0.2, 0.25) is 0 Å². The lowest BCUT2D eigenvalue weighted by Gasteiger charge is -2.10. The standard InChI is InChI=1S/C13H14F3N3O/c1-8(20-3)9-5-4-6-10(7-9)11-17-12(13(14,15)16)18-19(11)2/h4-8H,1-3H3/t8-/m0/s1. The molecular weight excluding hydrogens is 271 g/mol. The van der Waals surface area contributed by atoms with Crippen molar-refractivity contribution in [2.24, 2.45) is 7.05 Å². The fourth-order valence-corrected chi connectivity index (χ4v) is 1.82. The Morgan fingerprint density at radius 3 is 2.55 bits per heavy atom. The Bertz CT molecular complexity index is 607. The van der Waals surface area contributed by atoms with Crippen LogP contribution in [0.4, 0.5) is 13.2 Å². The molecule has 0 amide bonds. The highest BCUT2D eigenvalue weighted by Gasteiger charge is 2.36. The van der Waals surface area contributed by atoms with Crippen molar-refractivity contribution in [3.8, 4) is 11.4 Å². The Morgan fingerprint density at radius 1 is 1.30 bits per heavy atom. The van der Waals surface area contributed by atoms with Gasteiger partial charge in [-0.3, -0.25) is 0 Å². The summed E-state index contributed by atoms with van der Waals surface area (Å²) in [4.78, 5) is 3.56. The van der Waals surface area contributed by atoms with Crippen molar-refractivity contribution in [1.82, 2.24) is 14.8 Å². The maximum absolute atomic E-state index is 12.6. The van der Waals surface area contributed by atoms with Gasteiger partial charge in [0.1, 0.15) is 0 Å². The molecule has 0 aliphatic rings. The summed E-state index contributed by atoms with van der Waals surface area (Å²) in [5.74, 6) is -0.970. The number of aromatic nitrogens is 3. The van der Waals surface area contributed by atoms with E-state index in [1.165, 1.54) is 7.05 Å². The number of ether oxygens (including phenoxy) is 1. The van der Waals surface area contributed by atoms with E-state index in [9.17, 15) is 13.2 Å². The highest BCUT2D eigenvalue weighted by molar-refractivity contribution is 5.56. The summed E-state index contributed by atoms with van der Waals surface area (Å²) in [5, 5.41) is 3.40. The number of hydrogen-bond donors (Lipinski definition) is 0. The van der Waals surface area contributed by atoms with Crippen LogP contribution < -0.4 is 0 Å². The van der Waals surface area contributed by atoms with Gasteiger partial charge in [-0.05, 0) is 18.6 Å². The summed E-state index contributed by atoms with van der Waals surface area (Å²) in [5.41, 5.74) is 1.43. The molecule has 0 bridgehead atoms. The second kappa shape index (κ2) is 5.24. The van der Waals surface area contributed by atoms with Crippen LogP contribution in [0.2, 0.25) is 0 Å². The molecule has 4 nitrogen and oxygen atoms in total. The first-order valence-corrected chi connectivity index (χ1v) is 5.94. The summed E-state index contributed by atoms with van der Waals surface area (Å²) < 4.78 is 44.1. The Kier molecular flexibility index (Phi) is 3.80. The molecule has 7 heteroatoms. The first-order chi connectivity index (χ1) is 9.32. The molecule has 0 aliphatic heterocycles. The number of methoxy groups -OCH3 is 1. The van der Waals surface area contributed by atoms with Gasteiger partial charge >= 0.3 is 6.18 Å². The first kappa shape index (κ1) is 14.5. The minimum absolute atomic E-state index is 0.148. The van der Waals surface area contributed by atoms with Crippen LogP contribution in [-0.4, -0.2) is 21.9 Å². The third-order valence-electron chi connectivity index (χ3n) is 2.98. The molecule has 1 heterocycles. The lowest BCUT2D eigenvalue weighted by molar-refractivity contribution is -0.144. The summed E-state index contributed by atoms with van der Waals surface area (Å²) in [6, 6.07) is 7.04. The lowest BCUT2D eigenvalue weighted by atomic mass is 10.1. The normalized spacial score (nSPS) is 13.5. The molecular formula is C13H14F3N3O. The van der Waals surface area contributed by atoms with Crippen LogP contribution in [0, 0.1) is 0 Å². The van der Waals surface area contributed by atoms with Crippen LogP contribution in [0.15, 0.2) is 24.3 Å². The zero-order chi connectivity index (χ0) is 14.9. The van der Waals surface area contributed by atoms with Crippen molar-refractivity contribution in [3.05, 3.63) is 35.7 Å². The third-order valence-corrected chi connectivity index (χ3v) is 2.98. The largest absolute Gasteiger partial charge is 0.453 e. The molecule has 2 aromatic rings. The van der Waals surface area contributed by atoms with Gasteiger partial charge < -0.3 is 4.74 Å². The molecule has 1 atom stereocenters. The fraction of sp³-hybridized carbons (Fsp3) is 0.385. The van der Waals surface area contributed by atoms with Crippen LogP contribution in [0.1, 0.15) is 24.4 Å². The number of hydrogen-bond acceptors (Lipinski definition) is 3. The molecule has 0 unspecified atom stereocenters. The van der Waals surface area contributed by atoms with Gasteiger partial charge in [0, 0.05) is 19.7 Å². The van der Waals surface area contributed by atoms with Gasteiger partial charge in [-0.2, -0.15) is 13.2 Å². The molecule has 20 heavy (non-hydrogen) atoms. The van der Waals surface area contributed by atoms with Crippen LogP contribution in [-0.2, 0) is 18.0 Å². The second-order valence-electron chi connectivity index (χ2n) is 4.38. The topological polar surface area (TPSA) is 39.9 Å². The van der Waals surface area contributed by atoms with E-state index < -0.39 is 12.0 Å². The number of benzene rings is 1. The highest BCUT2D eigenvalue weighted by Crippen LogP contribution is 2.29. The smallest absolute Gasteiger partial charge is 0.377 e. The molecule has 0 radical (unpaired) electrons. The fourth-order valence-electron chi connectivity index (χ4n) is 1.82. The predicted molar refractivity (Wildman–Crippen MR) is 66.9 cm³/mol. The van der Waals surface area contributed by atoms with E-state index >= 15 is 0 Å². The van der Waals surface area contributed by atoms with Gasteiger partial charge in [-0.25, -0.2) is 9.67 Å². The lowest BCUT2D eigenvalue weighted by Crippen LogP contribution is -2.08. The minimum Gasteiger partial charge on any atom is -0.377 e. The molecule has 1 aromatic heterocycles. The molecule has 108 valence electrons. The molecule has 0 N–H and O–H groups in total. The zero-order valence-corrected chi connectivity index (χ0v) is 11.3. The molecule has 0 saturated carbocycles. The minimum atomic E-state index is -4.55. The molecule has 0 fully saturated rings. The molecule has 2 rings (SSSR count). The van der Waals surface area contributed by atoms with E-state index in [0.717, 1.165) is 10.2 Å². The second-order valence-corrected chi connectivity index (χ2v) is 4.38. The van der Waals surface area contributed by atoms with E-state index in [-0.39, 0.29) is 11.9 Å². The number of aryl methyl sites for hydroxylation is 1. The van der Waals surface area contributed by atoms with E-state index in [2.05, 4.69) is 10.1 Å². The van der Waals surface area contributed by atoms with Gasteiger partial charge in [-0.1, -0.05) is 18.2 Å². The summed E-state index contributed by atoms with van der Waals surface area (Å²) in [6.45, 7) is 1.86. The Hall–Kier alpha value is -1.89. The van der Waals surface area contributed by atoms with Crippen molar-refractivity contribution in [1.29, 1.82) is 0 Å². The van der Waals surface area contributed by atoms with E-state index in [0.29, 0.717) is 5.56 Å². The third kappa shape index (κ3) is 2.82. The number of rotatable bonds is 3. The number of nitrogens with zero attached hydrogens (tertiary/aromatic N) is 3. The number of halogens is 3. The highest BCUT2D eigenvalue weighted by atomic mass is 19.4. The Balaban J connectivity index is 2.44. The maximum Gasteiger partial charge on any atom is 0.453 e. The Morgan fingerprint density at radius 2 is 2.00 bits per heavy atom. The van der Waals surface area contributed by atoms with Gasteiger partial charge in [0.15, 0.2) is 5.82 Å². The average molecular weight is 285 g/mol. The SMILES string of the molecule is CO[C@@H](C)c1cccc(-c2nc(C(F)(F)F)nn2C)c1. The summed E-state index contributed by atoms with van der Waals surface area (Å²) in [7, 11) is 3.01. The quantitative estimate of drug-likeness (QED) is 0.869. The van der Waals surface area contributed by atoms with Crippen molar-refractivity contribution < 1.29 is 17.9 Å². The van der Waals surface area contributed by atoms with Gasteiger partial charge in [-0.15, -0.1) is 5.10 Å². The van der Waals surface area contributed by atoms with Gasteiger partial charge in [0.05, 0.1) is 6.10 Å². The average Bonchev–Trinajstić information content (AvgIpc) is 2.80. The predicted octanol–water partition coefficient (Wildman–Crippen LogP) is 3.21. The van der Waals surface area contributed by atoms with Gasteiger partial charge in [0.25, 0.3) is 5.82 Å². The van der Waals surface area contributed by atoms with Crippen LogP contribution >= 0.6 is 0 Å². The molecule has 1 aromatic carbocycles. The van der Waals surface area contributed by atoms with E-state index in [1.807, 2.05) is 13.0 Å². The van der Waals surface area contributed by atoms with Crippen molar-refractivity contribution in [2.75, 3.05) is 7.11 Å². The van der Waals surface area contributed by atoms with Crippen molar-refractivity contribution in [2.45, 2.75) is 19.2 Å². The van der Waals surface area contributed by atoms with Crippen LogP contribution in [0.25, 0.3) is 11.4 Å². The van der Waals surface area contributed by atoms with Crippen LogP contribution in [0.5, 0.6) is 0 Å². The molecule has 0 spiro atoms. The maximum atomic E-state index is 12.6. The summed E-state index contributed by atoms with van der Waals surface area (Å²) >= 11 is 0. The summed E-state index contributed by atoms with van der Waals surface area (Å²) in [6.07, 6.45) is -4.70.